The number of nitrogens with zero attached hydrogens (tertiary/aromatic N) is 1. The zero-order valence-corrected chi connectivity index (χ0v) is 9.16. The van der Waals surface area contributed by atoms with E-state index >= 15 is 0 Å². The molecule has 0 radical (unpaired) electrons. The summed E-state index contributed by atoms with van der Waals surface area (Å²) in [4.78, 5) is 4.26. The van der Waals surface area contributed by atoms with Crippen molar-refractivity contribution >= 4 is 11.5 Å². The van der Waals surface area contributed by atoms with E-state index < -0.39 is 0 Å². The number of nitrogens with one attached hydrogen (secondary N) is 1. The summed E-state index contributed by atoms with van der Waals surface area (Å²) in [5, 5.41) is 3.29. The standard InChI is InChI=1S/C11H17N3O/c1-7-5-8(7)6-13-10-4-3-9(12)11(14-10)15-2/h3-4,7-8H,5-6,12H2,1-2H3,(H,13,14). The van der Waals surface area contributed by atoms with E-state index in [1.165, 1.54) is 6.42 Å². The van der Waals surface area contributed by atoms with Gasteiger partial charge in [-0.3, -0.25) is 0 Å². The molecule has 2 unspecified atom stereocenters. The molecule has 0 amide bonds. The van der Waals surface area contributed by atoms with Gasteiger partial charge in [0.2, 0.25) is 5.88 Å². The molecule has 2 rings (SSSR count). The van der Waals surface area contributed by atoms with Crippen LogP contribution in [0, 0.1) is 11.8 Å². The highest BCUT2D eigenvalue weighted by molar-refractivity contribution is 5.53. The minimum absolute atomic E-state index is 0.490. The molecule has 15 heavy (non-hydrogen) atoms. The summed E-state index contributed by atoms with van der Waals surface area (Å²) in [6.45, 7) is 3.25. The van der Waals surface area contributed by atoms with Gasteiger partial charge < -0.3 is 15.8 Å². The minimum atomic E-state index is 0.490. The molecule has 1 saturated carbocycles. The highest BCUT2D eigenvalue weighted by atomic mass is 16.5. The van der Waals surface area contributed by atoms with Gasteiger partial charge in [0.25, 0.3) is 0 Å². The molecule has 0 bridgehead atoms. The van der Waals surface area contributed by atoms with E-state index in [1.807, 2.05) is 12.1 Å². The monoisotopic (exact) mass is 207 g/mol. The first-order chi connectivity index (χ1) is 7.20. The maximum absolute atomic E-state index is 5.68. The second kappa shape index (κ2) is 3.96. The number of anilines is 2. The van der Waals surface area contributed by atoms with E-state index in [0.717, 1.165) is 24.2 Å². The maximum atomic E-state index is 5.68. The predicted molar refractivity (Wildman–Crippen MR) is 61.0 cm³/mol. The molecular weight excluding hydrogens is 190 g/mol. The van der Waals surface area contributed by atoms with E-state index in [-0.39, 0.29) is 0 Å². The molecular formula is C11H17N3O. The quantitative estimate of drug-likeness (QED) is 0.789. The van der Waals surface area contributed by atoms with Crippen molar-refractivity contribution < 1.29 is 4.74 Å². The Labute approximate surface area is 89.8 Å². The first kappa shape index (κ1) is 10.1. The molecule has 4 heteroatoms. The first-order valence-electron chi connectivity index (χ1n) is 5.25. The van der Waals surface area contributed by atoms with Gasteiger partial charge in [0, 0.05) is 6.54 Å². The molecule has 1 aromatic rings. The molecule has 4 nitrogen and oxygen atoms in total. The fourth-order valence-corrected chi connectivity index (χ4v) is 1.63. The molecule has 1 fully saturated rings. The number of rotatable bonds is 4. The van der Waals surface area contributed by atoms with Gasteiger partial charge in [0.05, 0.1) is 12.8 Å². The van der Waals surface area contributed by atoms with E-state index in [0.29, 0.717) is 11.6 Å². The van der Waals surface area contributed by atoms with Crippen LogP contribution in [-0.4, -0.2) is 18.6 Å². The average Bonchev–Trinajstić information content (AvgIpc) is 2.93. The third-order valence-corrected chi connectivity index (χ3v) is 2.90. The highest BCUT2D eigenvalue weighted by Crippen LogP contribution is 2.37. The van der Waals surface area contributed by atoms with E-state index in [4.69, 9.17) is 10.5 Å². The van der Waals surface area contributed by atoms with Crippen LogP contribution >= 0.6 is 0 Å². The third-order valence-electron chi connectivity index (χ3n) is 2.90. The molecule has 0 spiro atoms. The molecule has 1 aliphatic rings. The van der Waals surface area contributed by atoms with Crippen molar-refractivity contribution in [1.29, 1.82) is 0 Å². The molecule has 0 aromatic carbocycles. The Morgan fingerprint density at radius 2 is 2.33 bits per heavy atom. The Kier molecular flexibility index (Phi) is 2.66. The van der Waals surface area contributed by atoms with E-state index in [9.17, 15) is 0 Å². The van der Waals surface area contributed by atoms with Gasteiger partial charge in [-0.15, -0.1) is 0 Å². The Balaban J connectivity index is 1.96. The zero-order chi connectivity index (χ0) is 10.8. The van der Waals surface area contributed by atoms with Crippen LogP contribution in [0.3, 0.4) is 0 Å². The van der Waals surface area contributed by atoms with Gasteiger partial charge in [0.15, 0.2) is 0 Å². The van der Waals surface area contributed by atoms with Gasteiger partial charge in [-0.2, -0.15) is 4.98 Å². The van der Waals surface area contributed by atoms with Crippen LogP contribution in [0.2, 0.25) is 0 Å². The highest BCUT2D eigenvalue weighted by Gasteiger charge is 2.31. The molecule has 3 N–H and O–H groups in total. The third kappa shape index (κ3) is 2.32. The Morgan fingerprint density at radius 3 is 2.93 bits per heavy atom. The summed E-state index contributed by atoms with van der Waals surface area (Å²) in [6.07, 6.45) is 1.32. The summed E-state index contributed by atoms with van der Waals surface area (Å²) >= 11 is 0. The van der Waals surface area contributed by atoms with Gasteiger partial charge in [0.1, 0.15) is 5.82 Å². The number of hydrogen-bond acceptors (Lipinski definition) is 4. The Morgan fingerprint density at radius 1 is 1.60 bits per heavy atom. The molecule has 1 aromatic heterocycles. The topological polar surface area (TPSA) is 60.2 Å². The van der Waals surface area contributed by atoms with Crippen LogP contribution in [-0.2, 0) is 0 Å². The van der Waals surface area contributed by atoms with E-state index in [1.54, 1.807) is 7.11 Å². The van der Waals surface area contributed by atoms with Gasteiger partial charge in [-0.1, -0.05) is 6.92 Å². The minimum Gasteiger partial charge on any atom is -0.479 e. The smallest absolute Gasteiger partial charge is 0.238 e. The summed E-state index contributed by atoms with van der Waals surface area (Å²) in [6, 6.07) is 3.69. The lowest BCUT2D eigenvalue weighted by molar-refractivity contribution is 0.401. The molecule has 0 saturated heterocycles. The summed E-state index contributed by atoms with van der Waals surface area (Å²) in [7, 11) is 1.57. The van der Waals surface area contributed by atoms with Gasteiger partial charge >= 0.3 is 0 Å². The lowest BCUT2D eigenvalue weighted by Crippen LogP contribution is -2.07. The second-order valence-corrected chi connectivity index (χ2v) is 4.15. The first-order valence-corrected chi connectivity index (χ1v) is 5.25. The number of pyridine rings is 1. The van der Waals surface area contributed by atoms with Crippen molar-refractivity contribution in [2.24, 2.45) is 11.8 Å². The SMILES string of the molecule is COc1nc(NCC2CC2C)ccc1N. The van der Waals surface area contributed by atoms with E-state index in [2.05, 4.69) is 17.2 Å². The number of nitrogen functional groups attached to an aromatic ring is 1. The van der Waals surface area contributed by atoms with Gasteiger partial charge in [-0.25, -0.2) is 0 Å². The fourth-order valence-electron chi connectivity index (χ4n) is 1.63. The van der Waals surface area contributed by atoms with Crippen LogP contribution in [0.4, 0.5) is 11.5 Å². The second-order valence-electron chi connectivity index (χ2n) is 4.15. The van der Waals surface area contributed by atoms with Crippen LogP contribution < -0.4 is 15.8 Å². The lowest BCUT2D eigenvalue weighted by Gasteiger charge is -2.08. The van der Waals surface area contributed by atoms with Crippen molar-refractivity contribution in [3.8, 4) is 5.88 Å². The zero-order valence-electron chi connectivity index (χ0n) is 9.16. The summed E-state index contributed by atoms with van der Waals surface area (Å²) < 4.78 is 5.05. The maximum Gasteiger partial charge on any atom is 0.238 e. The van der Waals surface area contributed by atoms with Crippen molar-refractivity contribution in [3.05, 3.63) is 12.1 Å². The number of methoxy groups -OCH3 is 1. The molecule has 82 valence electrons. The van der Waals surface area contributed by atoms with Crippen molar-refractivity contribution in [3.63, 3.8) is 0 Å². The fraction of sp³-hybridized carbons (Fsp3) is 0.545. The van der Waals surface area contributed by atoms with Crippen molar-refractivity contribution in [1.82, 2.24) is 4.98 Å². The van der Waals surface area contributed by atoms with Crippen LogP contribution in [0.1, 0.15) is 13.3 Å². The largest absolute Gasteiger partial charge is 0.479 e. The molecule has 2 atom stereocenters. The molecule has 1 aliphatic carbocycles. The summed E-state index contributed by atoms with van der Waals surface area (Å²) in [5.41, 5.74) is 6.25. The average molecular weight is 207 g/mol. The number of ether oxygens (including phenoxy) is 1. The van der Waals surface area contributed by atoms with Gasteiger partial charge in [-0.05, 0) is 30.4 Å². The Bertz CT molecular complexity index is 354. The van der Waals surface area contributed by atoms with Crippen LogP contribution in [0.25, 0.3) is 0 Å². The lowest BCUT2D eigenvalue weighted by atomic mass is 10.3. The number of hydrogen-bond donors (Lipinski definition) is 2. The predicted octanol–water partition coefficient (Wildman–Crippen LogP) is 1.74. The molecule has 0 aliphatic heterocycles. The van der Waals surface area contributed by atoms with Crippen molar-refractivity contribution in [2.45, 2.75) is 13.3 Å². The number of aromatic nitrogens is 1. The normalized spacial score (nSPS) is 23.6. The summed E-state index contributed by atoms with van der Waals surface area (Å²) in [5.74, 6) is 2.98. The van der Waals surface area contributed by atoms with Crippen LogP contribution in [0.5, 0.6) is 5.88 Å². The number of nitrogens with two attached hydrogens (primary N) is 1. The Hall–Kier alpha value is -1.45. The van der Waals surface area contributed by atoms with Crippen molar-refractivity contribution in [2.75, 3.05) is 24.7 Å². The molecule has 1 heterocycles. The van der Waals surface area contributed by atoms with Crippen LogP contribution in [0.15, 0.2) is 12.1 Å².